The second-order valence-corrected chi connectivity index (χ2v) is 7.83. The number of aliphatic hydroxyl groups excluding tert-OH is 3. The fraction of sp³-hybridized carbons (Fsp3) is 0.455. The molecule has 0 spiro atoms. The van der Waals surface area contributed by atoms with Gasteiger partial charge in [-0.15, -0.1) is 0 Å². The van der Waals surface area contributed by atoms with E-state index in [0.717, 1.165) is 5.56 Å². The van der Waals surface area contributed by atoms with Gasteiger partial charge in [0.2, 0.25) is 0 Å². The Balaban J connectivity index is 1.26. The highest BCUT2D eigenvalue weighted by molar-refractivity contribution is 5.38. The molecule has 30 heavy (non-hydrogen) atoms. The van der Waals surface area contributed by atoms with Crippen molar-refractivity contribution in [2.45, 2.75) is 49.8 Å². The molecule has 5 atom stereocenters. The molecule has 6 nitrogen and oxygen atoms in total. The van der Waals surface area contributed by atoms with E-state index in [1.165, 1.54) is 30.3 Å². The predicted molar refractivity (Wildman–Crippen MR) is 104 cm³/mol. The Hall–Kier alpha value is -2.26. The van der Waals surface area contributed by atoms with Crippen molar-refractivity contribution in [3.63, 3.8) is 0 Å². The van der Waals surface area contributed by atoms with Crippen molar-refractivity contribution in [3.8, 4) is 11.5 Å². The number of hydrogen-bond acceptors (Lipinski definition) is 6. The minimum Gasteiger partial charge on any atom is -0.487 e. The van der Waals surface area contributed by atoms with Gasteiger partial charge in [0.05, 0.1) is 6.10 Å². The molecular formula is C22H25F2NO5. The van der Waals surface area contributed by atoms with Crippen LogP contribution in [0.1, 0.15) is 30.1 Å². The second-order valence-electron chi connectivity index (χ2n) is 7.83. The standard InChI is InChI=1S/C22H25F2NO5/c23-13-2-5-19-12(7-13)1-4-21(29-19)17(27)10-25-11-18(28)22-9-16(26)15-8-14(24)3-6-20(15)30-22/h2-3,5-8,16-18,21-22,25-28H,1,4,9-11H2/t16-,17+,18-,21+,22-/m1/s1. The van der Waals surface area contributed by atoms with Crippen LogP contribution in [0.2, 0.25) is 0 Å². The van der Waals surface area contributed by atoms with E-state index in [1.807, 2.05) is 0 Å². The molecule has 4 N–H and O–H groups in total. The largest absolute Gasteiger partial charge is 0.487 e. The molecule has 0 saturated heterocycles. The zero-order valence-corrected chi connectivity index (χ0v) is 16.3. The number of ether oxygens (including phenoxy) is 2. The van der Waals surface area contributed by atoms with Gasteiger partial charge in [0.1, 0.15) is 47.5 Å². The first-order valence-electron chi connectivity index (χ1n) is 10.1. The van der Waals surface area contributed by atoms with Gasteiger partial charge < -0.3 is 30.1 Å². The van der Waals surface area contributed by atoms with Gasteiger partial charge in [0.15, 0.2) is 0 Å². The zero-order valence-electron chi connectivity index (χ0n) is 16.3. The summed E-state index contributed by atoms with van der Waals surface area (Å²) in [6.45, 7) is 0.328. The highest BCUT2D eigenvalue weighted by atomic mass is 19.1. The molecule has 0 aliphatic carbocycles. The molecule has 2 aliphatic heterocycles. The molecule has 0 fully saturated rings. The number of benzene rings is 2. The Morgan fingerprint density at radius 2 is 1.57 bits per heavy atom. The van der Waals surface area contributed by atoms with Crippen LogP contribution in [0.3, 0.4) is 0 Å². The van der Waals surface area contributed by atoms with Crippen molar-refractivity contribution in [2.24, 2.45) is 0 Å². The van der Waals surface area contributed by atoms with Gasteiger partial charge in [-0.25, -0.2) is 8.78 Å². The number of aliphatic hydroxyl groups is 3. The van der Waals surface area contributed by atoms with E-state index in [4.69, 9.17) is 9.47 Å². The van der Waals surface area contributed by atoms with Crippen molar-refractivity contribution in [2.75, 3.05) is 13.1 Å². The quantitative estimate of drug-likeness (QED) is 0.569. The molecule has 4 rings (SSSR count). The lowest BCUT2D eigenvalue weighted by atomic mass is 9.96. The zero-order chi connectivity index (χ0) is 21.3. The maximum Gasteiger partial charge on any atom is 0.129 e. The van der Waals surface area contributed by atoms with Crippen molar-refractivity contribution in [1.29, 1.82) is 0 Å². The number of aryl methyl sites for hydroxylation is 1. The van der Waals surface area contributed by atoms with E-state index in [0.29, 0.717) is 29.9 Å². The monoisotopic (exact) mass is 421 g/mol. The first-order chi connectivity index (χ1) is 14.4. The molecule has 2 aliphatic rings. The smallest absolute Gasteiger partial charge is 0.129 e. The summed E-state index contributed by atoms with van der Waals surface area (Å²) < 4.78 is 38.1. The maximum atomic E-state index is 13.3. The molecule has 2 aromatic carbocycles. The normalized spacial score (nSPS) is 24.8. The van der Waals surface area contributed by atoms with E-state index >= 15 is 0 Å². The second kappa shape index (κ2) is 8.85. The van der Waals surface area contributed by atoms with E-state index in [-0.39, 0.29) is 25.3 Å². The molecule has 0 saturated carbocycles. The molecule has 8 heteroatoms. The molecule has 162 valence electrons. The average molecular weight is 421 g/mol. The summed E-state index contributed by atoms with van der Waals surface area (Å²) in [6.07, 6.45) is -2.43. The highest BCUT2D eigenvalue weighted by Crippen LogP contribution is 2.36. The number of hydrogen-bond donors (Lipinski definition) is 4. The van der Waals surface area contributed by atoms with Crippen LogP contribution in [0.4, 0.5) is 8.78 Å². The van der Waals surface area contributed by atoms with Gasteiger partial charge in [0.25, 0.3) is 0 Å². The summed E-state index contributed by atoms with van der Waals surface area (Å²) in [4.78, 5) is 0. The highest BCUT2D eigenvalue weighted by Gasteiger charge is 2.32. The fourth-order valence-electron chi connectivity index (χ4n) is 3.97. The SMILES string of the molecule is O[C@@H]1C[C@H]([C@H](O)CNC[C@H](O)[C@@H]2CCc3cc(F)ccc3O2)Oc2ccc(F)cc21. The molecule has 0 amide bonds. The summed E-state index contributed by atoms with van der Waals surface area (Å²) in [5.74, 6) is 0.162. The van der Waals surface area contributed by atoms with Crippen molar-refractivity contribution >= 4 is 0 Å². The topological polar surface area (TPSA) is 91.2 Å². The summed E-state index contributed by atoms with van der Waals surface area (Å²) in [5, 5.41) is 34.1. The van der Waals surface area contributed by atoms with E-state index in [1.54, 1.807) is 6.07 Å². The van der Waals surface area contributed by atoms with Crippen LogP contribution in [0.15, 0.2) is 36.4 Å². The Labute approximate surface area is 173 Å². The van der Waals surface area contributed by atoms with E-state index in [9.17, 15) is 24.1 Å². The average Bonchev–Trinajstić information content (AvgIpc) is 2.73. The fourth-order valence-corrected chi connectivity index (χ4v) is 3.97. The Bertz CT molecular complexity index is 896. The number of fused-ring (bicyclic) bond motifs is 2. The van der Waals surface area contributed by atoms with Crippen molar-refractivity contribution in [1.82, 2.24) is 5.32 Å². The van der Waals surface area contributed by atoms with Crippen molar-refractivity contribution in [3.05, 3.63) is 59.2 Å². The summed E-state index contributed by atoms with van der Waals surface area (Å²) in [7, 11) is 0. The van der Waals surface area contributed by atoms with Crippen LogP contribution >= 0.6 is 0 Å². The molecule has 0 aromatic heterocycles. The molecule has 2 heterocycles. The third-order valence-electron chi connectivity index (χ3n) is 5.63. The van der Waals surface area contributed by atoms with Gasteiger partial charge in [0, 0.05) is 25.1 Å². The minimum absolute atomic E-state index is 0.138. The first-order valence-corrected chi connectivity index (χ1v) is 10.1. The number of nitrogens with one attached hydrogen (secondary N) is 1. The molecule has 2 aromatic rings. The van der Waals surface area contributed by atoms with E-state index < -0.39 is 36.3 Å². The van der Waals surface area contributed by atoms with E-state index in [2.05, 4.69) is 5.32 Å². The Morgan fingerprint density at radius 1 is 0.933 bits per heavy atom. The van der Waals surface area contributed by atoms with Gasteiger partial charge >= 0.3 is 0 Å². The Kier molecular flexibility index (Phi) is 6.19. The lowest BCUT2D eigenvalue weighted by Crippen LogP contribution is -2.46. The molecule has 0 unspecified atom stereocenters. The Morgan fingerprint density at radius 3 is 2.33 bits per heavy atom. The number of rotatable bonds is 6. The van der Waals surface area contributed by atoms with Gasteiger partial charge in [-0.1, -0.05) is 0 Å². The van der Waals surface area contributed by atoms with Gasteiger partial charge in [-0.3, -0.25) is 0 Å². The number of halogens is 2. The van der Waals surface area contributed by atoms with Crippen LogP contribution in [-0.2, 0) is 6.42 Å². The third-order valence-corrected chi connectivity index (χ3v) is 5.63. The van der Waals surface area contributed by atoms with Crippen molar-refractivity contribution < 1.29 is 33.6 Å². The molecular weight excluding hydrogens is 396 g/mol. The van der Waals surface area contributed by atoms with Crippen LogP contribution in [-0.4, -0.2) is 52.8 Å². The summed E-state index contributed by atoms with van der Waals surface area (Å²) in [5.41, 5.74) is 1.16. The molecule has 0 radical (unpaired) electrons. The third kappa shape index (κ3) is 4.57. The van der Waals surface area contributed by atoms with Crippen LogP contribution in [0.5, 0.6) is 11.5 Å². The first kappa shape index (κ1) is 21.0. The summed E-state index contributed by atoms with van der Waals surface area (Å²) >= 11 is 0. The minimum atomic E-state index is -0.930. The molecule has 0 bridgehead atoms. The maximum absolute atomic E-state index is 13.3. The van der Waals surface area contributed by atoms with Crippen LogP contribution in [0.25, 0.3) is 0 Å². The summed E-state index contributed by atoms with van der Waals surface area (Å²) in [6, 6.07) is 8.24. The lowest BCUT2D eigenvalue weighted by molar-refractivity contribution is -0.0175. The van der Waals surface area contributed by atoms with Gasteiger partial charge in [-0.2, -0.15) is 0 Å². The van der Waals surface area contributed by atoms with Crippen LogP contribution in [0, 0.1) is 11.6 Å². The van der Waals surface area contributed by atoms with Crippen LogP contribution < -0.4 is 14.8 Å². The van der Waals surface area contributed by atoms with Gasteiger partial charge in [-0.05, 0) is 54.8 Å². The lowest BCUT2D eigenvalue weighted by Gasteiger charge is -2.33. The predicted octanol–water partition coefficient (Wildman–Crippen LogP) is 1.85.